The molecule has 0 aliphatic carbocycles. The zero-order chi connectivity index (χ0) is 16.7. The molecule has 2 rings (SSSR count). The number of pyridine rings is 1. The van der Waals surface area contributed by atoms with Crippen LogP contribution in [0.1, 0.15) is 12.5 Å². The molecule has 0 fully saturated rings. The van der Waals surface area contributed by atoms with E-state index >= 15 is 0 Å². The van der Waals surface area contributed by atoms with Crippen molar-refractivity contribution < 1.29 is 14.3 Å². The number of anilines is 1. The number of rotatable bonds is 6. The first-order valence-corrected chi connectivity index (χ1v) is 7.41. The van der Waals surface area contributed by atoms with Gasteiger partial charge in [0.2, 0.25) is 5.91 Å². The lowest BCUT2D eigenvalue weighted by atomic mass is 10.2. The summed E-state index contributed by atoms with van der Waals surface area (Å²) < 4.78 is 10.7. The van der Waals surface area contributed by atoms with Crippen LogP contribution in [0.15, 0.2) is 42.7 Å². The highest BCUT2D eigenvalue weighted by Crippen LogP contribution is 2.36. The summed E-state index contributed by atoms with van der Waals surface area (Å²) in [4.78, 5) is 15.8. The van der Waals surface area contributed by atoms with E-state index in [1.54, 1.807) is 42.7 Å². The van der Waals surface area contributed by atoms with E-state index < -0.39 is 0 Å². The molecule has 0 unspecified atom stereocenters. The van der Waals surface area contributed by atoms with Crippen molar-refractivity contribution >= 4 is 29.3 Å². The van der Waals surface area contributed by atoms with Gasteiger partial charge in [0, 0.05) is 12.3 Å². The van der Waals surface area contributed by atoms with E-state index in [2.05, 4.69) is 10.3 Å². The molecule has 0 aliphatic rings. The lowest BCUT2D eigenvalue weighted by molar-refractivity contribution is -0.111. The van der Waals surface area contributed by atoms with Crippen LogP contribution in [0.25, 0.3) is 6.08 Å². The first kappa shape index (κ1) is 16.8. The number of benzene rings is 1. The average Bonchev–Trinajstić information content (AvgIpc) is 2.56. The van der Waals surface area contributed by atoms with Crippen LogP contribution in [0.3, 0.4) is 0 Å². The molecule has 23 heavy (non-hydrogen) atoms. The standard InChI is InChI=1S/C17H17ClN2O3/c1-3-23-17-14(18)9-12(10-15(17)22-2)6-7-16(21)20-13-5-4-8-19-11-13/h4-11H,3H2,1-2H3,(H,20,21). The van der Waals surface area contributed by atoms with Gasteiger partial charge in [0.05, 0.1) is 30.6 Å². The molecular formula is C17H17ClN2O3. The number of nitrogens with one attached hydrogen (secondary N) is 1. The molecule has 0 atom stereocenters. The van der Waals surface area contributed by atoms with Gasteiger partial charge < -0.3 is 14.8 Å². The van der Waals surface area contributed by atoms with Crippen molar-refractivity contribution in [1.82, 2.24) is 4.98 Å². The second-order valence-corrected chi connectivity index (χ2v) is 4.94. The van der Waals surface area contributed by atoms with E-state index in [1.807, 2.05) is 6.92 Å². The maximum atomic E-state index is 11.9. The Bertz CT molecular complexity index is 702. The molecule has 6 heteroatoms. The van der Waals surface area contributed by atoms with Crippen LogP contribution < -0.4 is 14.8 Å². The highest BCUT2D eigenvalue weighted by molar-refractivity contribution is 6.32. The van der Waals surface area contributed by atoms with Crippen LogP contribution in [0, 0.1) is 0 Å². The van der Waals surface area contributed by atoms with Crippen LogP contribution in [0.4, 0.5) is 5.69 Å². The minimum Gasteiger partial charge on any atom is -0.493 e. The van der Waals surface area contributed by atoms with Gasteiger partial charge in [0.15, 0.2) is 11.5 Å². The molecule has 0 radical (unpaired) electrons. The van der Waals surface area contributed by atoms with E-state index in [9.17, 15) is 4.79 Å². The van der Waals surface area contributed by atoms with Gasteiger partial charge in [-0.1, -0.05) is 11.6 Å². The first-order valence-electron chi connectivity index (χ1n) is 7.03. The molecular weight excluding hydrogens is 316 g/mol. The molecule has 1 aromatic carbocycles. The maximum absolute atomic E-state index is 11.9. The fraction of sp³-hybridized carbons (Fsp3) is 0.176. The number of hydrogen-bond acceptors (Lipinski definition) is 4. The maximum Gasteiger partial charge on any atom is 0.248 e. The van der Waals surface area contributed by atoms with Crippen molar-refractivity contribution in [2.24, 2.45) is 0 Å². The Morgan fingerprint density at radius 2 is 2.26 bits per heavy atom. The highest BCUT2D eigenvalue weighted by Gasteiger charge is 2.10. The summed E-state index contributed by atoms with van der Waals surface area (Å²) in [5.41, 5.74) is 1.36. The van der Waals surface area contributed by atoms with Crippen molar-refractivity contribution in [3.05, 3.63) is 53.3 Å². The zero-order valence-electron chi connectivity index (χ0n) is 12.9. The molecule has 0 aliphatic heterocycles. The summed E-state index contributed by atoms with van der Waals surface area (Å²) >= 11 is 6.19. The monoisotopic (exact) mass is 332 g/mol. The fourth-order valence-corrected chi connectivity index (χ4v) is 2.19. The molecule has 1 N–H and O–H groups in total. The molecule has 0 saturated carbocycles. The third-order valence-electron chi connectivity index (χ3n) is 2.90. The largest absolute Gasteiger partial charge is 0.493 e. The number of ether oxygens (including phenoxy) is 2. The van der Waals surface area contributed by atoms with Gasteiger partial charge in [-0.15, -0.1) is 0 Å². The van der Waals surface area contributed by atoms with E-state index in [1.165, 1.54) is 13.2 Å². The van der Waals surface area contributed by atoms with Crippen LogP contribution in [0.2, 0.25) is 5.02 Å². The molecule has 1 heterocycles. The Balaban J connectivity index is 2.13. The van der Waals surface area contributed by atoms with Crippen LogP contribution in [0.5, 0.6) is 11.5 Å². The number of hydrogen-bond donors (Lipinski definition) is 1. The Hall–Kier alpha value is -2.53. The van der Waals surface area contributed by atoms with Crippen molar-refractivity contribution in [1.29, 1.82) is 0 Å². The third kappa shape index (κ3) is 4.72. The number of halogens is 1. The van der Waals surface area contributed by atoms with Gasteiger partial charge in [0.1, 0.15) is 0 Å². The number of methoxy groups -OCH3 is 1. The fourth-order valence-electron chi connectivity index (χ4n) is 1.91. The number of nitrogens with zero attached hydrogens (tertiary/aromatic N) is 1. The Morgan fingerprint density at radius 3 is 2.91 bits per heavy atom. The van der Waals surface area contributed by atoms with Gasteiger partial charge in [-0.05, 0) is 42.8 Å². The zero-order valence-corrected chi connectivity index (χ0v) is 13.6. The van der Waals surface area contributed by atoms with Crippen molar-refractivity contribution in [2.45, 2.75) is 6.92 Å². The summed E-state index contributed by atoms with van der Waals surface area (Å²) in [6, 6.07) is 6.97. The van der Waals surface area contributed by atoms with E-state index in [0.717, 1.165) is 5.56 Å². The predicted octanol–water partition coefficient (Wildman–Crippen LogP) is 3.79. The molecule has 0 spiro atoms. The topological polar surface area (TPSA) is 60.5 Å². The molecule has 0 bridgehead atoms. The highest BCUT2D eigenvalue weighted by atomic mass is 35.5. The Morgan fingerprint density at radius 1 is 1.43 bits per heavy atom. The lowest BCUT2D eigenvalue weighted by Crippen LogP contribution is -2.07. The Kier molecular flexibility index (Phi) is 6.00. The molecule has 1 aromatic heterocycles. The quantitative estimate of drug-likeness (QED) is 0.817. The molecule has 0 saturated heterocycles. The normalized spacial score (nSPS) is 10.6. The van der Waals surface area contributed by atoms with Crippen LogP contribution in [-0.4, -0.2) is 24.6 Å². The third-order valence-corrected chi connectivity index (χ3v) is 3.18. The van der Waals surface area contributed by atoms with E-state index in [4.69, 9.17) is 21.1 Å². The average molecular weight is 333 g/mol. The lowest BCUT2D eigenvalue weighted by Gasteiger charge is -2.11. The second-order valence-electron chi connectivity index (χ2n) is 4.53. The molecule has 1 amide bonds. The summed E-state index contributed by atoms with van der Waals surface area (Å²) in [7, 11) is 1.54. The van der Waals surface area contributed by atoms with Gasteiger partial charge in [-0.25, -0.2) is 0 Å². The SMILES string of the molecule is CCOc1c(Cl)cc(C=CC(=O)Nc2cccnc2)cc1OC. The van der Waals surface area contributed by atoms with Crippen molar-refractivity contribution in [3.8, 4) is 11.5 Å². The smallest absolute Gasteiger partial charge is 0.248 e. The second kappa shape index (κ2) is 8.19. The first-order chi connectivity index (χ1) is 11.1. The van der Waals surface area contributed by atoms with Crippen LogP contribution in [-0.2, 0) is 4.79 Å². The van der Waals surface area contributed by atoms with Crippen molar-refractivity contribution in [3.63, 3.8) is 0 Å². The number of carbonyl (C=O) groups is 1. The summed E-state index contributed by atoms with van der Waals surface area (Å²) in [6.45, 7) is 2.35. The van der Waals surface area contributed by atoms with Gasteiger partial charge in [-0.2, -0.15) is 0 Å². The van der Waals surface area contributed by atoms with E-state index in [-0.39, 0.29) is 5.91 Å². The summed E-state index contributed by atoms with van der Waals surface area (Å²) in [6.07, 6.45) is 6.27. The number of carbonyl (C=O) groups excluding carboxylic acids is 1. The van der Waals surface area contributed by atoms with Gasteiger partial charge in [0.25, 0.3) is 0 Å². The molecule has 120 valence electrons. The summed E-state index contributed by atoms with van der Waals surface area (Å²) in [5, 5.41) is 3.14. The Labute approximate surface area is 139 Å². The van der Waals surface area contributed by atoms with Gasteiger partial charge in [-0.3, -0.25) is 9.78 Å². The van der Waals surface area contributed by atoms with Crippen molar-refractivity contribution in [2.75, 3.05) is 19.0 Å². The van der Waals surface area contributed by atoms with Crippen LogP contribution >= 0.6 is 11.6 Å². The minimum absolute atomic E-state index is 0.262. The number of aromatic nitrogens is 1. The predicted molar refractivity (Wildman–Crippen MR) is 91.1 cm³/mol. The van der Waals surface area contributed by atoms with Gasteiger partial charge >= 0.3 is 0 Å². The number of amides is 1. The van der Waals surface area contributed by atoms with E-state index in [0.29, 0.717) is 28.8 Å². The molecule has 5 nitrogen and oxygen atoms in total. The minimum atomic E-state index is -0.262. The molecule has 2 aromatic rings. The summed E-state index contributed by atoms with van der Waals surface area (Å²) in [5.74, 6) is 0.752.